The predicted octanol–water partition coefficient (Wildman–Crippen LogP) is 3.50. The van der Waals surface area contributed by atoms with Crippen molar-refractivity contribution in [3.05, 3.63) is 64.9 Å². The van der Waals surface area contributed by atoms with Crippen LogP contribution in [0.2, 0.25) is 0 Å². The normalized spacial score (nSPS) is 19.0. The number of hydrogen-bond acceptors (Lipinski definition) is 5. The molecule has 4 nitrogen and oxygen atoms in total. The van der Waals surface area contributed by atoms with Crippen molar-refractivity contribution in [1.29, 1.82) is 0 Å². The minimum Gasteiger partial charge on any atom is -0.396 e. The van der Waals surface area contributed by atoms with E-state index in [-0.39, 0.29) is 18.5 Å². The fourth-order valence-electron chi connectivity index (χ4n) is 3.76. The summed E-state index contributed by atoms with van der Waals surface area (Å²) in [5.41, 5.74) is 1.78. The number of hydrogen-bond donors (Lipinski definition) is 1. The third-order valence-corrected chi connectivity index (χ3v) is 6.20. The van der Waals surface area contributed by atoms with Gasteiger partial charge in [-0.2, -0.15) is 0 Å². The van der Waals surface area contributed by atoms with Crippen molar-refractivity contribution in [1.82, 2.24) is 14.8 Å². The van der Waals surface area contributed by atoms with Gasteiger partial charge < -0.3 is 5.11 Å². The molecule has 1 aliphatic rings. The molecule has 0 amide bonds. The summed E-state index contributed by atoms with van der Waals surface area (Å²) < 4.78 is 15.2. The molecule has 0 aliphatic carbocycles. The molecule has 0 unspecified atom stereocenters. The van der Waals surface area contributed by atoms with Crippen LogP contribution >= 0.6 is 11.3 Å². The van der Waals surface area contributed by atoms with Crippen molar-refractivity contribution in [2.75, 3.05) is 26.2 Å². The van der Waals surface area contributed by atoms with Gasteiger partial charge in [-0.3, -0.25) is 9.80 Å². The van der Waals surface area contributed by atoms with Crippen molar-refractivity contribution >= 4 is 21.6 Å². The number of halogens is 1. The van der Waals surface area contributed by atoms with Crippen molar-refractivity contribution < 1.29 is 9.50 Å². The number of thiazole rings is 1. The Labute approximate surface area is 162 Å². The first kappa shape index (κ1) is 18.5. The lowest BCUT2D eigenvalue weighted by molar-refractivity contribution is 0.0493. The topological polar surface area (TPSA) is 39.6 Å². The smallest absolute Gasteiger partial charge is 0.127 e. The van der Waals surface area contributed by atoms with E-state index in [0.29, 0.717) is 13.0 Å². The molecule has 142 valence electrons. The predicted molar refractivity (Wildman–Crippen MR) is 107 cm³/mol. The zero-order valence-electron chi connectivity index (χ0n) is 15.2. The maximum atomic E-state index is 14.0. The summed E-state index contributed by atoms with van der Waals surface area (Å²) in [4.78, 5) is 9.43. The fraction of sp³-hybridized carbons (Fsp3) is 0.381. The summed E-state index contributed by atoms with van der Waals surface area (Å²) in [6.07, 6.45) is 0.699. The highest BCUT2D eigenvalue weighted by molar-refractivity contribution is 7.18. The molecule has 1 fully saturated rings. The molecule has 6 heteroatoms. The number of aromatic nitrogens is 1. The lowest BCUT2D eigenvalue weighted by Crippen LogP contribution is -2.52. The largest absolute Gasteiger partial charge is 0.396 e. The van der Waals surface area contributed by atoms with Gasteiger partial charge >= 0.3 is 0 Å². The minimum atomic E-state index is -0.155. The van der Waals surface area contributed by atoms with Crippen LogP contribution in [-0.2, 0) is 13.1 Å². The number of para-hydroxylation sites is 1. The second-order valence-corrected chi connectivity index (χ2v) is 8.15. The zero-order valence-corrected chi connectivity index (χ0v) is 16.0. The van der Waals surface area contributed by atoms with E-state index < -0.39 is 0 Å². The molecule has 2 heterocycles. The quantitative estimate of drug-likeness (QED) is 0.705. The van der Waals surface area contributed by atoms with Gasteiger partial charge in [0.05, 0.1) is 16.8 Å². The van der Waals surface area contributed by atoms with Gasteiger partial charge in [0.1, 0.15) is 10.8 Å². The van der Waals surface area contributed by atoms with Crippen molar-refractivity contribution in [2.45, 2.75) is 25.6 Å². The molecule has 1 atom stereocenters. The maximum absolute atomic E-state index is 14.0. The summed E-state index contributed by atoms with van der Waals surface area (Å²) >= 11 is 1.75. The highest BCUT2D eigenvalue weighted by Gasteiger charge is 2.27. The molecule has 2 aromatic carbocycles. The molecular formula is C21H24FN3OS. The first-order valence-electron chi connectivity index (χ1n) is 9.38. The number of rotatable bonds is 6. The molecule has 0 bridgehead atoms. The molecule has 1 saturated heterocycles. The fourth-order valence-corrected chi connectivity index (χ4v) is 4.77. The Balaban J connectivity index is 1.43. The van der Waals surface area contributed by atoms with Gasteiger partial charge in [-0.1, -0.05) is 30.3 Å². The maximum Gasteiger partial charge on any atom is 0.127 e. The van der Waals surface area contributed by atoms with Gasteiger partial charge in [-0.25, -0.2) is 9.37 Å². The number of aliphatic hydroxyl groups excluding tert-OH is 1. The number of piperazine rings is 1. The Morgan fingerprint density at radius 3 is 2.70 bits per heavy atom. The van der Waals surface area contributed by atoms with E-state index in [4.69, 9.17) is 4.98 Å². The van der Waals surface area contributed by atoms with E-state index in [1.54, 1.807) is 17.4 Å². The summed E-state index contributed by atoms with van der Waals surface area (Å²) in [6, 6.07) is 15.4. The van der Waals surface area contributed by atoms with Crippen LogP contribution < -0.4 is 0 Å². The van der Waals surface area contributed by atoms with Crippen LogP contribution in [0, 0.1) is 5.82 Å². The van der Waals surface area contributed by atoms with E-state index >= 15 is 0 Å². The molecular weight excluding hydrogens is 361 g/mol. The van der Waals surface area contributed by atoms with Crippen LogP contribution in [-0.4, -0.2) is 52.2 Å². The Hall–Kier alpha value is -1.86. The van der Waals surface area contributed by atoms with E-state index in [2.05, 4.69) is 21.9 Å². The van der Waals surface area contributed by atoms with Crippen LogP contribution in [0.4, 0.5) is 4.39 Å². The lowest BCUT2D eigenvalue weighted by Gasteiger charge is -2.41. The third-order valence-electron chi connectivity index (χ3n) is 5.18. The molecule has 0 saturated carbocycles. The molecule has 27 heavy (non-hydrogen) atoms. The van der Waals surface area contributed by atoms with E-state index in [9.17, 15) is 9.50 Å². The molecule has 1 aliphatic heterocycles. The van der Waals surface area contributed by atoms with Crippen LogP contribution in [0.1, 0.15) is 17.0 Å². The average molecular weight is 386 g/mol. The van der Waals surface area contributed by atoms with Crippen molar-refractivity contribution in [3.63, 3.8) is 0 Å². The van der Waals surface area contributed by atoms with E-state index in [1.165, 1.54) is 10.8 Å². The highest BCUT2D eigenvalue weighted by atomic mass is 32.1. The Kier molecular flexibility index (Phi) is 5.78. The first-order valence-corrected chi connectivity index (χ1v) is 10.2. The molecule has 0 spiro atoms. The Morgan fingerprint density at radius 1 is 1.07 bits per heavy atom. The third kappa shape index (κ3) is 4.35. The SMILES string of the molecule is OCC[C@H]1CN(Cc2nc3ccccc3s2)CCN1Cc1ccccc1F. The molecule has 0 radical (unpaired) electrons. The average Bonchev–Trinajstić information content (AvgIpc) is 3.08. The molecule has 1 N–H and O–H groups in total. The Bertz CT molecular complexity index is 867. The van der Waals surface area contributed by atoms with Gasteiger partial charge in [-0.05, 0) is 24.6 Å². The van der Waals surface area contributed by atoms with Gasteiger partial charge in [0.25, 0.3) is 0 Å². The molecule has 1 aromatic heterocycles. The van der Waals surface area contributed by atoms with Crippen molar-refractivity contribution in [3.8, 4) is 0 Å². The summed E-state index contributed by atoms with van der Waals surface area (Å²) in [5.74, 6) is -0.155. The second kappa shape index (κ2) is 8.44. The van der Waals surface area contributed by atoms with Crippen LogP contribution in [0.5, 0.6) is 0 Å². The van der Waals surface area contributed by atoms with Crippen LogP contribution in [0.3, 0.4) is 0 Å². The summed E-state index contributed by atoms with van der Waals surface area (Å²) in [6.45, 7) is 4.22. The summed E-state index contributed by atoms with van der Waals surface area (Å²) in [5, 5.41) is 10.6. The Morgan fingerprint density at radius 2 is 1.89 bits per heavy atom. The van der Waals surface area contributed by atoms with Gasteiger partial charge in [0.2, 0.25) is 0 Å². The van der Waals surface area contributed by atoms with Crippen LogP contribution in [0.15, 0.2) is 48.5 Å². The standard InChI is InChI=1S/C21H24FN3OS/c22-18-6-2-1-5-16(18)13-25-11-10-24(14-17(25)9-12-26)15-21-23-19-7-3-4-8-20(19)27-21/h1-8,17,26H,9-15H2/t17-/m0/s1. The van der Waals surface area contributed by atoms with Gasteiger partial charge in [0, 0.05) is 44.4 Å². The molecule has 3 aromatic rings. The minimum absolute atomic E-state index is 0.146. The zero-order chi connectivity index (χ0) is 18.6. The lowest BCUT2D eigenvalue weighted by atomic mass is 10.1. The van der Waals surface area contributed by atoms with Gasteiger partial charge in [-0.15, -0.1) is 11.3 Å². The summed E-state index contributed by atoms with van der Waals surface area (Å²) in [7, 11) is 0. The number of nitrogens with zero attached hydrogens (tertiary/aromatic N) is 3. The van der Waals surface area contributed by atoms with Crippen molar-refractivity contribution in [2.24, 2.45) is 0 Å². The highest BCUT2D eigenvalue weighted by Crippen LogP contribution is 2.24. The number of fused-ring (bicyclic) bond motifs is 1. The van der Waals surface area contributed by atoms with Gasteiger partial charge in [0.15, 0.2) is 0 Å². The first-order chi connectivity index (χ1) is 13.2. The number of benzene rings is 2. The van der Waals surface area contributed by atoms with E-state index in [1.807, 2.05) is 24.3 Å². The van der Waals surface area contributed by atoms with E-state index in [0.717, 1.165) is 42.3 Å². The second-order valence-electron chi connectivity index (χ2n) is 7.04. The van der Waals surface area contributed by atoms with Crippen LogP contribution in [0.25, 0.3) is 10.2 Å². The molecule has 4 rings (SSSR count). The number of aliphatic hydroxyl groups is 1. The monoisotopic (exact) mass is 385 g/mol.